The van der Waals surface area contributed by atoms with E-state index in [0.29, 0.717) is 48.1 Å². The molecular formula is C32H29N5O4. The minimum absolute atomic E-state index is 0.143. The van der Waals surface area contributed by atoms with Gasteiger partial charge in [0.1, 0.15) is 6.33 Å². The molecule has 2 aromatic heterocycles. The zero-order chi connectivity index (χ0) is 28.7. The van der Waals surface area contributed by atoms with Gasteiger partial charge in [-0.2, -0.15) is 0 Å². The Labute approximate surface area is 235 Å². The number of hydrogen-bond donors (Lipinski definition) is 2. The first-order valence-electron chi connectivity index (χ1n) is 13.5. The van der Waals surface area contributed by atoms with E-state index in [-0.39, 0.29) is 11.7 Å². The van der Waals surface area contributed by atoms with Crippen molar-refractivity contribution in [1.29, 1.82) is 0 Å². The SMILES string of the molecule is CCOC(=O)N1CC=C(c2cc3c(-c4cccc(-n5cnc6ccccc6c5=O)c4C)ccc(C(N)=O)c3[nH]2)CC1. The second-order valence-electron chi connectivity index (χ2n) is 10.0. The van der Waals surface area contributed by atoms with E-state index in [1.807, 2.05) is 61.5 Å². The lowest BCUT2D eigenvalue weighted by molar-refractivity contribution is 0.100. The lowest BCUT2D eigenvalue weighted by atomic mass is 9.94. The van der Waals surface area contributed by atoms with Gasteiger partial charge in [-0.15, -0.1) is 0 Å². The van der Waals surface area contributed by atoms with Gasteiger partial charge in [-0.25, -0.2) is 9.78 Å². The number of carbonyl (C=O) groups is 2. The van der Waals surface area contributed by atoms with Gasteiger partial charge in [-0.3, -0.25) is 14.2 Å². The van der Waals surface area contributed by atoms with Crippen molar-refractivity contribution >= 4 is 39.4 Å². The number of benzene rings is 3. The number of ether oxygens (including phenoxy) is 1. The molecule has 3 heterocycles. The molecule has 0 unspecified atom stereocenters. The Balaban J connectivity index is 1.46. The fraction of sp³-hybridized carbons (Fsp3) is 0.188. The number of fused-ring (bicyclic) bond motifs is 2. The molecule has 1 aliphatic heterocycles. The number of hydrogen-bond acceptors (Lipinski definition) is 5. The van der Waals surface area contributed by atoms with Crippen molar-refractivity contribution in [2.75, 3.05) is 19.7 Å². The van der Waals surface area contributed by atoms with E-state index < -0.39 is 5.91 Å². The Morgan fingerprint density at radius 3 is 2.63 bits per heavy atom. The van der Waals surface area contributed by atoms with E-state index in [1.165, 1.54) is 0 Å². The summed E-state index contributed by atoms with van der Waals surface area (Å²) in [6, 6.07) is 18.7. The first-order valence-corrected chi connectivity index (χ1v) is 13.5. The topological polar surface area (TPSA) is 123 Å². The molecule has 0 bridgehead atoms. The summed E-state index contributed by atoms with van der Waals surface area (Å²) in [6.45, 7) is 5.07. The van der Waals surface area contributed by atoms with Crippen LogP contribution in [0.25, 0.3) is 44.2 Å². The number of nitrogens with one attached hydrogen (secondary N) is 1. The number of nitrogens with zero attached hydrogens (tertiary/aromatic N) is 3. The summed E-state index contributed by atoms with van der Waals surface area (Å²) >= 11 is 0. The number of amides is 2. The largest absolute Gasteiger partial charge is 0.450 e. The zero-order valence-corrected chi connectivity index (χ0v) is 22.8. The van der Waals surface area contributed by atoms with Gasteiger partial charge >= 0.3 is 6.09 Å². The number of para-hydroxylation sites is 1. The number of aromatic amines is 1. The van der Waals surface area contributed by atoms with E-state index in [9.17, 15) is 14.4 Å². The van der Waals surface area contributed by atoms with Gasteiger partial charge in [0.2, 0.25) is 0 Å². The van der Waals surface area contributed by atoms with Crippen LogP contribution in [0, 0.1) is 6.92 Å². The van der Waals surface area contributed by atoms with E-state index in [1.54, 1.807) is 34.9 Å². The highest BCUT2D eigenvalue weighted by atomic mass is 16.6. The minimum Gasteiger partial charge on any atom is -0.450 e. The van der Waals surface area contributed by atoms with Crippen molar-refractivity contribution in [3.63, 3.8) is 0 Å². The highest BCUT2D eigenvalue weighted by Gasteiger charge is 2.22. The van der Waals surface area contributed by atoms with Crippen LogP contribution in [0.1, 0.15) is 35.0 Å². The van der Waals surface area contributed by atoms with Gasteiger partial charge in [0.25, 0.3) is 11.5 Å². The standard InChI is InChI=1S/C32H29N5O4/c1-3-41-32(40)36-15-13-20(14-16-36)27-17-25-22(11-12-24(30(33)38)29(25)35-27)21-8-6-10-28(19(21)2)37-18-34-26-9-5-4-7-23(26)31(37)39/h4-13,17-18,35H,3,14-16H2,1-2H3,(H2,33,38). The van der Waals surface area contributed by atoms with Crippen LogP contribution >= 0.6 is 0 Å². The summed E-state index contributed by atoms with van der Waals surface area (Å²) in [6.07, 6.45) is 3.87. The molecule has 0 fully saturated rings. The number of nitrogens with two attached hydrogens (primary N) is 1. The third kappa shape index (κ3) is 4.55. The normalized spacial score (nSPS) is 13.4. The number of carbonyl (C=O) groups excluding carboxylic acids is 2. The maximum absolute atomic E-state index is 13.4. The van der Waals surface area contributed by atoms with E-state index >= 15 is 0 Å². The molecule has 0 saturated carbocycles. The highest BCUT2D eigenvalue weighted by Crippen LogP contribution is 2.37. The highest BCUT2D eigenvalue weighted by molar-refractivity contribution is 6.10. The molecule has 3 N–H and O–H groups in total. The van der Waals surface area contributed by atoms with Gasteiger partial charge in [-0.1, -0.05) is 36.4 Å². The number of primary amides is 1. The minimum atomic E-state index is -0.527. The summed E-state index contributed by atoms with van der Waals surface area (Å²) < 4.78 is 6.70. The second kappa shape index (κ2) is 10.4. The molecular weight excluding hydrogens is 518 g/mol. The van der Waals surface area contributed by atoms with Gasteiger partial charge in [0, 0.05) is 24.2 Å². The maximum atomic E-state index is 13.4. The molecule has 0 saturated heterocycles. The molecule has 2 amide bonds. The lowest BCUT2D eigenvalue weighted by Crippen LogP contribution is -2.35. The fourth-order valence-corrected chi connectivity index (χ4v) is 5.54. The predicted octanol–water partition coefficient (Wildman–Crippen LogP) is 5.19. The zero-order valence-electron chi connectivity index (χ0n) is 22.8. The van der Waals surface area contributed by atoms with Crippen molar-refractivity contribution < 1.29 is 14.3 Å². The summed E-state index contributed by atoms with van der Waals surface area (Å²) in [7, 11) is 0. The molecule has 0 aliphatic carbocycles. The maximum Gasteiger partial charge on any atom is 0.410 e. The monoisotopic (exact) mass is 547 g/mol. The number of H-pyrrole nitrogens is 1. The van der Waals surface area contributed by atoms with Crippen molar-refractivity contribution in [3.8, 4) is 16.8 Å². The Morgan fingerprint density at radius 1 is 1.05 bits per heavy atom. The predicted molar refractivity (Wildman–Crippen MR) is 159 cm³/mol. The van der Waals surface area contributed by atoms with Gasteiger partial charge in [0.05, 0.1) is 34.3 Å². The van der Waals surface area contributed by atoms with Crippen molar-refractivity contribution in [2.45, 2.75) is 20.3 Å². The van der Waals surface area contributed by atoms with Crippen LogP contribution in [0.5, 0.6) is 0 Å². The van der Waals surface area contributed by atoms with E-state index in [2.05, 4.69) is 9.97 Å². The summed E-state index contributed by atoms with van der Waals surface area (Å²) in [5.74, 6) is -0.527. The quantitative estimate of drug-likeness (QED) is 0.314. The van der Waals surface area contributed by atoms with Crippen LogP contribution in [0.2, 0.25) is 0 Å². The van der Waals surface area contributed by atoms with Crippen LogP contribution in [0.3, 0.4) is 0 Å². The first kappa shape index (κ1) is 26.1. The van der Waals surface area contributed by atoms with Crippen molar-refractivity contribution in [1.82, 2.24) is 19.4 Å². The van der Waals surface area contributed by atoms with Crippen LogP contribution in [-0.2, 0) is 4.74 Å². The second-order valence-corrected chi connectivity index (χ2v) is 10.0. The summed E-state index contributed by atoms with van der Waals surface area (Å²) in [5.41, 5.74) is 12.6. The van der Waals surface area contributed by atoms with Crippen LogP contribution in [-0.4, -0.2) is 51.1 Å². The third-order valence-electron chi connectivity index (χ3n) is 7.66. The number of aromatic nitrogens is 3. The van der Waals surface area contributed by atoms with Crippen LogP contribution in [0.4, 0.5) is 4.79 Å². The average Bonchev–Trinajstić information content (AvgIpc) is 3.43. The Morgan fingerprint density at radius 2 is 1.88 bits per heavy atom. The number of rotatable bonds is 5. The molecule has 9 nitrogen and oxygen atoms in total. The molecule has 0 spiro atoms. The third-order valence-corrected chi connectivity index (χ3v) is 7.66. The first-order chi connectivity index (χ1) is 19.9. The van der Waals surface area contributed by atoms with E-state index in [4.69, 9.17) is 10.5 Å². The van der Waals surface area contributed by atoms with Crippen LogP contribution < -0.4 is 11.3 Å². The molecule has 3 aromatic carbocycles. The molecule has 9 heteroatoms. The summed E-state index contributed by atoms with van der Waals surface area (Å²) in [4.78, 5) is 47.4. The lowest BCUT2D eigenvalue weighted by Gasteiger charge is -2.25. The molecule has 6 rings (SSSR count). The van der Waals surface area contributed by atoms with Gasteiger partial charge in [0.15, 0.2) is 0 Å². The molecule has 1 aliphatic rings. The molecule has 5 aromatic rings. The molecule has 206 valence electrons. The van der Waals surface area contributed by atoms with Gasteiger partial charge in [-0.05, 0) is 72.9 Å². The van der Waals surface area contributed by atoms with Crippen molar-refractivity contribution in [3.05, 3.63) is 100 Å². The fourth-order valence-electron chi connectivity index (χ4n) is 5.54. The van der Waals surface area contributed by atoms with E-state index in [0.717, 1.165) is 39.0 Å². The Hall–Kier alpha value is -5.18. The van der Waals surface area contributed by atoms with Crippen molar-refractivity contribution in [2.24, 2.45) is 5.73 Å². The van der Waals surface area contributed by atoms with Gasteiger partial charge < -0.3 is 20.4 Å². The average molecular weight is 548 g/mol. The van der Waals surface area contributed by atoms with Crippen LogP contribution in [0.15, 0.2) is 77.9 Å². The molecule has 0 radical (unpaired) electrons. The molecule has 0 atom stereocenters. The Kier molecular flexibility index (Phi) is 6.62. The smallest absolute Gasteiger partial charge is 0.410 e. The Bertz CT molecular complexity index is 1930. The summed E-state index contributed by atoms with van der Waals surface area (Å²) in [5, 5.41) is 1.39. The molecule has 41 heavy (non-hydrogen) atoms.